The Hall–Kier alpha value is -5.00. The molecule has 1 aromatic heterocycles. The number of nitrogens with one attached hydrogen (secondary N) is 4. The third kappa shape index (κ3) is 5.92. The van der Waals surface area contributed by atoms with Crippen LogP contribution in [0.3, 0.4) is 0 Å². The van der Waals surface area contributed by atoms with Crippen LogP contribution in [0.5, 0.6) is 0 Å². The van der Waals surface area contributed by atoms with Crippen LogP contribution < -0.4 is 21.6 Å². The van der Waals surface area contributed by atoms with Crippen LogP contribution in [0.1, 0.15) is 63.3 Å². The second kappa shape index (κ2) is 11.9. The van der Waals surface area contributed by atoms with Crippen LogP contribution in [0, 0.1) is 28.1 Å². The highest BCUT2D eigenvalue weighted by molar-refractivity contribution is 5.87. The molecule has 1 aliphatic carbocycles. The zero-order chi connectivity index (χ0) is 31.6. The fourth-order valence-corrected chi connectivity index (χ4v) is 5.29. The minimum atomic E-state index is -2.52. The summed E-state index contributed by atoms with van der Waals surface area (Å²) in [5.74, 6) is 0. The summed E-state index contributed by atoms with van der Waals surface area (Å²) in [5.41, 5.74) is 8.84. The Morgan fingerprint density at radius 1 is 1.23 bits per heavy atom. The number of benzene rings is 2. The van der Waals surface area contributed by atoms with Gasteiger partial charge in [0.1, 0.15) is 11.6 Å². The lowest BCUT2D eigenvalue weighted by Gasteiger charge is -2.25. The number of hydrazine groups is 2. The van der Waals surface area contributed by atoms with Gasteiger partial charge in [-0.25, -0.2) is 8.78 Å². The average Bonchev–Trinajstić information content (AvgIpc) is 3.69. The number of halogens is 2. The highest BCUT2D eigenvalue weighted by Gasteiger charge is 2.56. The lowest BCUT2D eigenvalue weighted by atomic mass is 9.94. The van der Waals surface area contributed by atoms with Gasteiger partial charge in [0, 0.05) is 41.8 Å². The van der Waals surface area contributed by atoms with Crippen LogP contribution in [-0.2, 0) is 0 Å². The molecule has 0 unspecified atom stereocenters. The van der Waals surface area contributed by atoms with Gasteiger partial charge in [-0.15, -0.1) is 5.53 Å². The van der Waals surface area contributed by atoms with Gasteiger partial charge in [0.05, 0.1) is 40.3 Å². The summed E-state index contributed by atoms with van der Waals surface area (Å²) in [6, 6.07) is 15.2. The van der Waals surface area contributed by atoms with Crippen molar-refractivity contribution in [3.05, 3.63) is 83.0 Å². The molecule has 0 spiro atoms. The highest BCUT2D eigenvalue weighted by atomic mass is 19.3. The fraction of sp³-hybridized carbons (Fsp3) is 0.333. The maximum Gasteiger partial charge on any atom is 0.262 e. The Morgan fingerprint density at radius 2 is 2.00 bits per heavy atom. The Labute approximate surface area is 255 Å². The van der Waals surface area contributed by atoms with Crippen LogP contribution in [0.4, 0.5) is 20.2 Å². The Kier molecular flexibility index (Phi) is 8.27. The van der Waals surface area contributed by atoms with Gasteiger partial charge in [0.15, 0.2) is 0 Å². The van der Waals surface area contributed by atoms with Crippen molar-refractivity contribution in [2.24, 2.45) is 10.4 Å². The molecule has 226 valence electrons. The molecule has 11 heteroatoms. The summed E-state index contributed by atoms with van der Waals surface area (Å²) in [6.45, 7) is 12.2. The SMILES string of the molecule is C=Nc1c(C#N)cc(N[C@H](C2=CN(C3(C(F)F)CC3)NN2)c2cccc3ccncc23)cc1/C(NCC(C)(C)C)=C(\C)C#N. The summed E-state index contributed by atoms with van der Waals surface area (Å²) < 4.78 is 28.0. The number of hydrogen-bond acceptors (Lipinski definition) is 9. The molecule has 1 saturated carbocycles. The second-order valence-corrected chi connectivity index (χ2v) is 12.3. The number of alkyl halides is 2. The van der Waals surface area contributed by atoms with E-state index < -0.39 is 18.0 Å². The molecule has 44 heavy (non-hydrogen) atoms. The minimum absolute atomic E-state index is 0.0964. The number of pyridine rings is 1. The van der Waals surface area contributed by atoms with Gasteiger partial charge < -0.3 is 16.1 Å². The summed E-state index contributed by atoms with van der Waals surface area (Å²) >= 11 is 0. The molecule has 2 aromatic carbocycles. The molecule has 0 bridgehead atoms. The van der Waals surface area contributed by atoms with E-state index in [1.165, 1.54) is 5.01 Å². The maximum absolute atomic E-state index is 14.0. The van der Waals surface area contributed by atoms with Crippen molar-refractivity contribution in [2.75, 3.05) is 11.9 Å². The van der Waals surface area contributed by atoms with E-state index in [-0.39, 0.29) is 11.0 Å². The van der Waals surface area contributed by atoms with Crippen molar-refractivity contribution in [1.29, 1.82) is 10.5 Å². The van der Waals surface area contributed by atoms with Gasteiger partial charge in [-0.2, -0.15) is 10.5 Å². The zero-order valence-corrected chi connectivity index (χ0v) is 25.2. The molecular formula is C33H35F2N9. The van der Waals surface area contributed by atoms with Crippen LogP contribution >= 0.6 is 0 Å². The zero-order valence-electron chi connectivity index (χ0n) is 25.2. The first-order valence-electron chi connectivity index (χ1n) is 14.3. The number of aromatic nitrogens is 1. The smallest absolute Gasteiger partial charge is 0.262 e. The van der Waals surface area contributed by atoms with Crippen molar-refractivity contribution in [1.82, 2.24) is 26.3 Å². The Balaban J connectivity index is 1.65. The van der Waals surface area contributed by atoms with E-state index in [1.54, 1.807) is 31.6 Å². The number of nitrogens with zero attached hydrogens (tertiary/aromatic N) is 5. The Morgan fingerprint density at radius 3 is 2.64 bits per heavy atom. The molecule has 4 N–H and O–H groups in total. The quantitative estimate of drug-likeness (QED) is 0.156. The van der Waals surface area contributed by atoms with Gasteiger partial charge in [-0.1, -0.05) is 39.0 Å². The summed E-state index contributed by atoms with van der Waals surface area (Å²) in [4.78, 5) is 8.51. The van der Waals surface area contributed by atoms with Gasteiger partial charge in [-0.05, 0) is 61.0 Å². The van der Waals surface area contributed by atoms with Crippen LogP contribution in [0.2, 0.25) is 0 Å². The van der Waals surface area contributed by atoms with Gasteiger partial charge in [0.2, 0.25) is 0 Å². The molecule has 1 atom stereocenters. The number of hydrogen-bond donors (Lipinski definition) is 4. The molecule has 3 aromatic rings. The summed E-state index contributed by atoms with van der Waals surface area (Å²) in [5, 5.41) is 30.2. The van der Waals surface area contributed by atoms with Crippen molar-refractivity contribution in [3.63, 3.8) is 0 Å². The molecule has 9 nitrogen and oxygen atoms in total. The van der Waals surface area contributed by atoms with Crippen molar-refractivity contribution in [3.8, 4) is 12.1 Å². The number of anilines is 1. The molecule has 0 amide bonds. The van der Waals surface area contributed by atoms with E-state index in [2.05, 4.69) is 71.2 Å². The predicted octanol–water partition coefficient (Wildman–Crippen LogP) is 6.45. The molecule has 1 aliphatic heterocycles. The lowest BCUT2D eigenvalue weighted by molar-refractivity contribution is 0.00911. The van der Waals surface area contributed by atoms with E-state index in [4.69, 9.17) is 0 Å². The molecule has 5 rings (SSSR count). The minimum Gasteiger partial charge on any atom is -0.383 e. The molecular weight excluding hydrogens is 560 g/mol. The number of nitriles is 2. The van der Waals surface area contributed by atoms with Crippen LogP contribution in [-0.4, -0.2) is 35.2 Å². The molecule has 0 radical (unpaired) electrons. The van der Waals surface area contributed by atoms with Crippen molar-refractivity contribution in [2.45, 2.75) is 58.5 Å². The Bertz CT molecular complexity index is 1730. The maximum atomic E-state index is 14.0. The van der Waals surface area contributed by atoms with Gasteiger partial charge in [0.25, 0.3) is 6.43 Å². The second-order valence-electron chi connectivity index (χ2n) is 12.3. The van der Waals surface area contributed by atoms with E-state index >= 15 is 0 Å². The fourth-order valence-electron chi connectivity index (χ4n) is 5.29. The third-order valence-electron chi connectivity index (χ3n) is 7.88. The van der Waals surface area contributed by atoms with Gasteiger partial charge in [-0.3, -0.25) is 15.0 Å². The first-order valence-corrected chi connectivity index (χ1v) is 14.3. The summed E-state index contributed by atoms with van der Waals surface area (Å²) in [7, 11) is 0. The number of aliphatic imine (C=N–C) groups is 1. The first-order chi connectivity index (χ1) is 21.0. The van der Waals surface area contributed by atoms with E-state index in [0.717, 1.165) is 16.3 Å². The summed E-state index contributed by atoms with van der Waals surface area (Å²) in [6.07, 6.45) is 3.39. The standard InChI is InChI=1S/C33H35F2N9/c1-20(15-36)28(40-19-32(2,3)4)25-14-23(13-22(16-37)29(25)38-5)41-30(24-8-6-7-21-9-12-39-17-26(21)24)27-18-44(43-42-27)33(10-11-33)31(34)35/h6-9,12-14,17-18,30-31,40-43H,5,10-11,19H2,1-4H3/b28-20-/t30-/m0/s1. The molecule has 2 heterocycles. The first kappa shape index (κ1) is 30.5. The topological polar surface area (TPSA) is 124 Å². The van der Waals surface area contributed by atoms with Crippen molar-refractivity contribution < 1.29 is 8.78 Å². The molecule has 2 aliphatic rings. The highest BCUT2D eigenvalue weighted by Crippen LogP contribution is 2.47. The van der Waals surface area contributed by atoms with Gasteiger partial charge >= 0.3 is 0 Å². The van der Waals surface area contributed by atoms with Crippen molar-refractivity contribution >= 4 is 34.6 Å². The lowest BCUT2D eigenvalue weighted by Crippen LogP contribution is -2.48. The monoisotopic (exact) mass is 595 g/mol. The van der Waals surface area contributed by atoms with E-state index in [0.29, 0.717) is 53.3 Å². The predicted molar refractivity (Wildman–Crippen MR) is 168 cm³/mol. The average molecular weight is 596 g/mol. The van der Waals surface area contributed by atoms with Crippen LogP contribution in [0.25, 0.3) is 16.5 Å². The van der Waals surface area contributed by atoms with E-state index in [9.17, 15) is 19.3 Å². The normalized spacial score (nSPS) is 16.8. The van der Waals surface area contributed by atoms with E-state index in [1.807, 2.05) is 30.3 Å². The molecule has 1 fully saturated rings. The number of allylic oxidation sites excluding steroid dienone is 1. The number of rotatable bonds is 10. The third-order valence-corrected chi connectivity index (χ3v) is 7.88. The number of fused-ring (bicyclic) bond motifs is 1. The largest absolute Gasteiger partial charge is 0.383 e. The van der Waals surface area contributed by atoms with Crippen LogP contribution in [0.15, 0.2) is 71.3 Å². The molecule has 0 saturated heterocycles.